The van der Waals surface area contributed by atoms with E-state index >= 15 is 0 Å². The first-order valence-corrected chi connectivity index (χ1v) is 10.3. The number of fused-ring (bicyclic) bond motifs is 1. The minimum atomic E-state index is -4.34. The Balaban J connectivity index is 1.27. The van der Waals surface area contributed by atoms with E-state index in [1.54, 1.807) is 29.2 Å². The molecule has 0 N–H and O–H groups in total. The SMILES string of the molecule is O=C(CCn1nnc2ccccc2c1=O)N1CCN(Cc2ccc(C(F)(F)F)cc2)CC1. The summed E-state index contributed by atoms with van der Waals surface area (Å²) < 4.78 is 39.3. The lowest BCUT2D eigenvalue weighted by atomic mass is 10.1. The molecule has 0 atom stereocenters. The highest BCUT2D eigenvalue weighted by Gasteiger charge is 2.30. The molecule has 1 fully saturated rings. The van der Waals surface area contributed by atoms with E-state index in [1.807, 2.05) is 0 Å². The molecule has 1 aromatic heterocycles. The predicted octanol–water partition coefficient (Wildman–Crippen LogP) is 2.54. The summed E-state index contributed by atoms with van der Waals surface area (Å²) in [6.07, 6.45) is -4.19. The fourth-order valence-corrected chi connectivity index (χ4v) is 3.74. The number of benzene rings is 2. The number of aryl methyl sites for hydroxylation is 1. The molecule has 32 heavy (non-hydrogen) atoms. The van der Waals surface area contributed by atoms with Gasteiger partial charge in [0.1, 0.15) is 5.52 Å². The van der Waals surface area contributed by atoms with Gasteiger partial charge in [0.05, 0.1) is 17.5 Å². The Morgan fingerprint density at radius 1 is 0.969 bits per heavy atom. The van der Waals surface area contributed by atoms with Gasteiger partial charge in [-0.15, -0.1) is 5.10 Å². The topological polar surface area (TPSA) is 71.3 Å². The molecule has 1 aliphatic heterocycles. The molecule has 4 rings (SSSR count). The van der Waals surface area contributed by atoms with Gasteiger partial charge in [-0.1, -0.05) is 29.5 Å². The number of carbonyl (C=O) groups is 1. The largest absolute Gasteiger partial charge is 0.416 e. The van der Waals surface area contributed by atoms with E-state index in [-0.39, 0.29) is 24.4 Å². The number of alkyl halides is 3. The van der Waals surface area contributed by atoms with Crippen molar-refractivity contribution in [2.45, 2.75) is 25.7 Å². The van der Waals surface area contributed by atoms with Crippen LogP contribution in [0.4, 0.5) is 13.2 Å². The first-order valence-electron chi connectivity index (χ1n) is 10.3. The van der Waals surface area contributed by atoms with E-state index in [1.165, 1.54) is 16.8 Å². The van der Waals surface area contributed by atoms with Crippen molar-refractivity contribution in [1.29, 1.82) is 0 Å². The average molecular weight is 445 g/mol. The van der Waals surface area contributed by atoms with Crippen molar-refractivity contribution in [1.82, 2.24) is 24.8 Å². The van der Waals surface area contributed by atoms with Gasteiger partial charge in [-0.3, -0.25) is 14.5 Å². The molecule has 1 saturated heterocycles. The summed E-state index contributed by atoms with van der Waals surface area (Å²) in [7, 11) is 0. The molecule has 0 saturated carbocycles. The van der Waals surface area contributed by atoms with Crippen molar-refractivity contribution in [2.75, 3.05) is 26.2 Å². The van der Waals surface area contributed by atoms with E-state index < -0.39 is 11.7 Å². The number of aromatic nitrogens is 3. The molecule has 2 heterocycles. The molecule has 1 amide bonds. The van der Waals surface area contributed by atoms with Crippen molar-refractivity contribution >= 4 is 16.8 Å². The molecule has 2 aromatic carbocycles. The van der Waals surface area contributed by atoms with Crippen LogP contribution >= 0.6 is 0 Å². The zero-order valence-corrected chi connectivity index (χ0v) is 17.3. The first-order chi connectivity index (χ1) is 15.3. The number of carbonyl (C=O) groups excluding carboxylic acids is 1. The molecule has 1 aliphatic rings. The van der Waals surface area contributed by atoms with Crippen molar-refractivity contribution in [3.8, 4) is 0 Å². The van der Waals surface area contributed by atoms with Crippen LogP contribution in [0.5, 0.6) is 0 Å². The lowest BCUT2D eigenvalue weighted by Gasteiger charge is -2.34. The molecule has 7 nitrogen and oxygen atoms in total. The Hall–Kier alpha value is -3.27. The molecule has 0 aliphatic carbocycles. The number of piperazine rings is 1. The smallest absolute Gasteiger partial charge is 0.340 e. The number of rotatable bonds is 5. The van der Waals surface area contributed by atoms with Crippen LogP contribution < -0.4 is 5.56 Å². The monoisotopic (exact) mass is 445 g/mol. The van der Waals surface area contributed by atoms with Gasteiger partial charge in [0.15, 0.2) is 0 Å². The Morgan fingerprint density at radius 2 is 1.66 bits per heavy atom. The summed E-state index contributed by atoms with van der Waals surface area (Å²) >= 11 is 0. The third-order valence-electron chi connectivity index (χ3n) is 5.58. The van der Waals surface area contributed by atoms with E-state index in [9.17, 15) is 22.8 Å². The van der Waals surface area contributed by atoms with Crippen molar-refractivity contribution in [3.05, 3.63) is 70.0 Å². The maximum absolute atomic E-state index is 12.7. The normalized spacial score (nSPS) is 15.3. The summed E-state index contributed by atoms with van der Waals surface area (Å²) in [5.41, 5.74) is 0.382. The second-order valence-electron chi connectivity index (χ2n) is 7.74. The lowest BCUT2D eigenvalue weighted by Crippen LogP contribution is -2.48. The third kappa shape index (κ3) is 4.96. The van der Waals surface area contributed by atoms with Crippen LogP contribution in [0.15, 0.2) is 53.3 Å². The Bertz CT molecular complexity index is 1150. The summed E-state index contributed by atoms with van der Waals surface area (Å²) in [6, 6.07) is 12.1. The van der Waals surface area contributed by atoms with Crippen molar-refractivity contribution < 1.29 is 18.0 Å². The molecule has 0 bridgehead atoms. The first kappa shape index (κ1) is 21.9. The van der Waals surface area contributed by atoms with Crippen molar-refractivity contribution in [3.63, 3.8) is 0 Å². The second kappa shape index (κ2) is 9.07. The fourth-order valence-electron chi connectivity index (χ4n) is 3.74. The number of halogens is 3. The van der Waals surface area contributed by atoms with Crippen LogP contribution in [-0.4, -0.2) is 56.9 Å². The average Bonchev–Trinajstić information content (AvgIpc) is 2.79. The van der Waals surface area contributed by atoms with E-state index in [4.69, 9.17) is 0 Å². The third-order valence-corrected chi connectivity index (χ3v) is 5.58. The van der Waals surface area contributed by atoms with Crippen LogP contribution in [0.2, 0.25) is 0 Å². The minimum Gasteiger partial charge on any atom is -0.340 e. The van der Waals surface area contributed by atoms with Crippen molar-refractivity contribution in [2.24, 2.45) is 0 Å². The lowest BCUT2D eigenvalue weighted by molar-refractivity contribution is -0.137. The number of nitrogens with zero attached hydrogens (tertiary/aromatic N) is 5. The Morgan fingerprint density at radius 3 is 2.34 bits per heavy atom. The van der Waals surface area contributed by atoms with Gasteiger partial charge < -0.3 is 4.90 Å². The molecule has 0 radical (unpaired) electrons. The number of hydrogen-bond acceptors (Lipinski definition) is 5. The van der Waals surface area contributed by atoms with Crippen LogP contribution in [0.3, 0.4) is 0 Å². The maximum Gasteiger partial charge on any atom is 0.416 e. The van der Waals surface area contributed by atoms with Gasteiger partial charge in [0, 0.05) is 39.1 Å². The van der Waals surface area contributed by atoms with Gasteiger partial charge in [-0.05, 0) is 29.8 Å². The molecule has 3 aromatic rings. The number of amides is 1. The minimum absolute atomic E-state index is 0.0685. The van der Waals surface area contributed by atoms with Crippen LogP contribution in [-0.2, 0) is 24.1 Å². The van der Waals surface area contributed by atoms with Gasteiger partial charge in [0.25, 0.3) is 5.56 Å². The molecule has 0 spiro atoms. The summed E-state index contributed by atoms with van der Waals surface area (Å²) in [4.78, 5) is 28.9. The molecular formula is C22H22F3N5O2. The number of hydrogen-bond donors (Lipinski definition) is 0. The second-order valence-corrected chi connectivity index (χ2v) is 7.74. The summed E-state index contributed by atoms with van der Waals surface area (Å²) in [6.45, 7) is 2.99. The Kier molecular flexibility index (Phi) is 6.22. The predicted molar refractivity (Wildman–Crippen MR) is 112 cm³/mol. The van der Waals surface area contributed by atoms with E-state index in [0.29, 0.717) is 43.6 Å². The van der Waals surface area contributed by atoms with Gasteiger partial charge in [-0.25, -0.2) is 4.68 Å². The zero-order chi connectivity index (χ0) is 22.7. The molecule has 0 unspecified atom stereocenters. The van der Waals surface area contributed by atoms with Gasteiger partial charge >= 0.3 is 6.18 Å². The van der Waals surface area contributed by atoms with Gasteiger partial charge in [-0.2, -0.15) is 13.2 Å². The van der Waals surface area contributed by atoms with E-state index in [2.05, 4.69) is 15.2 Å². The van der Waals surface area contributed by atoms with E-state index in [0.717, 1.165) is 17.7 Å². The van der Waals surface area contributed by atoms with Crippen LogP contribution in [0, 0.1) is 0 Å². The molecule has 168 valence electrons. The van der Waals surface area contributed by atoms with Crippen LogP contribution in [0.25, 0.3) is 10.9 Å². The summed E-state index contributed by atoms with van der Waals surface area (Å²) in [5.74, 6) is -0.0685. The highest BCUT2D eigenvalue weighted by molar-refractivity contribution is 5.77. The summed E-state index contributed by atoms with van der Waals surface area (Å²) in [5, 5.41) is 8.39. The highest BCUT2D eigenvalue weighted by atomic mass is 19.4. The van der Waals surface area contributed by atoms with Crippen LogP contribution in [0.1, 0.15) is 17.5 Å². The maximum atomic E-state index is 12.7. The Labute approximate surface area is 182 Å². The molecule has 10 heteroatoms. The quantitative estimate of drug-likeness (QED) is 0.604. The van der Waals surface area contributed by atoms with Gasteiger partial charge in [0.2, 0.25) is 5.91 Å². The highest BCUT2D eigenvalue weighted by Crippen LogP contribution is 2.29. The zero-order valence-electron chi connectivity index (χ0n) is 17.3. The molecular weight excluding hydrogens is 423 g/mol. The fraction of sp³-hybridized carbons (Fsp3) is 0.364. The standard InChI is InChI=1S/C22H22F3N5O2/c23-22(24,25)17-7-5-16(6-8-17)15-28-11-13-29(14-12-28)20(31)9-10-30-21(32)18-3-1-2-4-19(18)26-27-30/h1-8H,9-15H2.